The van der Waals surface area contributed by atoms with Crippen molar-refractivity contribution in [3.63, 3.8) is 0 Å². The van der Waals surface area contributed by atoms with E-state index in [-0.39, 0.29) is 0 Å². The van der Waals surface area contributed by atoms with E-state index in [0.29, 0.717) is 6.04 Å². The molecular weight excluding hydrogens is 430 g/mol. The number of pyridine rings is 1. The van der Waals surface area contributed by atoms with Gasteiger partial charge >= 0.3 is 0 Å². The van der Waals surface area contributed by atoms with E-state index in [2.05, 4.69) is 85.3 Å². The fraction of sp³-hybridized carbons (Fsp3) is 0.261. The molecule has 0 aliphatic carbocycles. The highest BCUT2D eigenvalue weighted by atomic mass is 79.9. The van der Waals surface area contributed by atoms with E-state index >= 15 is 0 Å². The average molecular weight is 452 g/mol. The van der Waals surface area contributed by atoms with Crippen LogP contribution in [0, 0.1) is 0 Å². The van der Waals surface area contributed by atoms with E-state index in [1.807, 2.05) is 24.0 Å². The van der Waals surface area contributed by atoms with Crippen molar-refractivity contribution >= 4 is 39.1 Å². The number of nitrogens with zero attached hydrogens (tertiary/aromatic N) is 3. The topological polar surface area (TPSA) is 19.4 Å². The van der Waals surface area contributed by atoms with Gasteiger partial charge in [-0.2, -0.15) is 0 Å². The predicted molar refractivity (Wildman–Crippen MR) is 119 cm³/mol. The molecule has 2 aliphatic rings. The van der Waals surface area contributed by atoms with Crippen LogP contribution in [0.15, 0.2) is 81.1 Å². The molecule has 0 spiro atoms. The molecule has 0 saturated carbocycles. The Balaban J connectivity index is 1.38. The van der Waals surface area contributed by atoms with Gasteiger partial charge in [-0.05, 0) is 55.3 Å². The summed E-state index contributed by atoms with van der Waals surface area (Å²) in [5.74, 6) is 0. The third-order valence-corrected chi connectivity index (χ3v) is 7.17. The van der Waals surface area contributed by atoms with Crippen LogP contribution in [0.4, 0.5) is 11.4 Å². The van der Waals surface area contributed by atoms with Crippen LogP contribution in [0.3, 0.4) is 0 Å². The van der Waals surface area contributed by atoms with Crippen LogP contribution in [-0.2, 0) is 6.54 Å². The fourth-order valence-corrected chi connectivity index (χ4v) is 5.83. The van der Waals surface area contributed by atoms with E-state index in [1.54, 1.807) is 0 Å². The minimum absolute atomic E-state index is 0.530. The van der Waals surface area contributed by atoms with Crippen LogP contribution in [0.2, 0.25) is 0 Å². The highest BCUT2D eigenvalue weighted by Crippen LogP contribution is 2.50. The third kappa shape index (κ3) is 3.59. The molecule has 28 heavy (non-hydrogen) atoms. The summed E-state index contributed by atoms with van der Waals surface area (Å²) >= 11 is 5.52. The van der Waals surface area contributed by atoms with E-state index in [4.69, 9.17) is 0 Å². The number of fused-ring (bicyclic) bond motifs is 2. The van der Waals surface area contributed by atoms with Crippen LogP contribution in [0.5, 0.6) is 0 Å². The molecule has 142 valence electrons. The van der Waals surface area contributed by atoms with Crippen molar-refractivity contribution in [2.75, 3.05) is 18.0 Å². The Labute approximate surface area is 178 Å². The van der Waals surface area contributed by atoms with Gasteiger partial charge in [0.25, 0.3) is 0 Å². The maximum absolute atomic E-state index is 4.49. The first-order chi connectivity index (χ1) is 13.8. The van der Waals surface area contributed by atoms with Crippen molar-refractivity contribution in [3.8, 4) is 0 Å². The molecule has 5 rings (SSSR count). The first kappa shape index (κ1) is 18.2. The lowest BCUT2D eigenvalue weighted by Crippen LogP contribution is -2.43. The summed E-state index contributed by atoms with van der Waals surface area (Å²) in [6.07, 6.45) is 4.22. The molecule has 0 bridgehead atoms. The van der Waals surface area contributed by atoms with E-state index in [0.717, 1.165) is 29.8 Å². The molecule has 0 radical (unpaired) electrons. The van der Waals surface area contributed by atoms with Gasteiger partial charge in [0.1, 0.15) is 0 Å². The molecule has 2 aromatic carbocycles. The van der Waals surface area contributed by atoms with Gasteiger partial charge in [-0.15, -0.1) is 0 Å². The van der Waals surface area contributed by atoms with Crippen molar-refractivity contribution in [2.24, 2.45) is 0 Å². The monoisotopic (exact) mass is 451 g/mol. The normalized spacial score (nSPS) is 17.2. The van der Waals surface area contributed by atoms with Gasteiger partial charge in [-0.3, -0.25) is 9.88 Å². The molecule has 3 aromatic rings. The SMILES string of the molecule is Brc1ccc2c(c1)Sc1ccccc1N2C1CCN(Cc2ccccn2)CC1. The molecule has 2 aliphatic heterocycles. The Bertz CT molecular complexity index is 971. The molecule has 3 heterocycles. The quantitative estimate of drug-likeness (QED) is 0.477. The molecular formula is C23H22BrN3S. The zero-order valence-corrected chi connectivity index (χ0v) is 18.0. The Kier molecular flexibility index (Phi) is 5.14. The van der Waals surface area contributed by atoms with Gasteiger partial charge in [0.15, 0.2) is 0 Å². The molecule has 3 nitrogen and oxygen atoms in total. The Morgan fingerprint density at radius 2 is 1.71 bits per heavy atom. The lowest BCUT2D eigenvalue weighted by molar-refractivity contribution is 0.203. The van der Waals surface area contributed by atoms with Crippen molar-refractivity contribution in [2.45, 2.75) is 35.2 Å². The number of anilines is 2. The van der Waals surface area contributed by atoms with Crippen LogP contribution >= 0.6 is 27.7 Å². The Hall–Kier alpha value is -1.82. The number of aromatic nitrogens is 1. The summed E-state index contributed by atoms with van der Waals surface area (Å²) in [4.78, 5) is 12.3. The second-order valence-corrected chi connectivity index (χ2v) is 9.38. The molecule has 5 heteroatoms. The van der Waals surface area contributed by atoms with Crippen molar-refractivity contribution in [1.29, 1.82) is 0 Å². The van der Waals surface area contributed by atoms with Crippen molar-refractivity contribution in [3.05, 3.63) is 77.0 Å². The summed E-state index contributed by atoms with van der Waals surface area (Å²) in [5.41, 5.74) is 3.86. The first-order valence-electron chi connectivity index (χ1n) is 9.76. The molecule has 0 unspecified atom stereocenters. The second-order valence-electron chi connectivity index (χ2n) is 7.38. The Morgan fingerprint density at radius 1 is 0.929 bits per heavy atom. The number of hydrogen-bond donors (Lipinski definition) is 0. The van der Waals surface area contributed by atoms with Gasteiger partial charge in [0.05, 0.1) is 17.1 Å². The first-order valence-corrected chi connectivity index (χ1v) is 11.4. The van der Waals surface area contributed by atoms with Gasteiger partial charge in [-0.1, -0.05) is 45.9 Å². The van der Waals surface area contributed by atoms with Crippen LogP contribution in [0.1, 0.15) is 18.5 Å². The summed E-state index contributed by atoms with van der Waals surface area (Å²) in [6, 6.07) is 22.2. The minimum Gasteiger partial charge on any atom is -0.336 e. The predicted octanol–water partition coefficient (Wildman–Crippen LogP) is 6.11. The van der Waals surface area contributed by atoms with Gasteiger partial charge in [-0.25, -0.2) is 0 Å². The zero-order chi connectivity index (χ0) is 18.9. The van der Waals surface area contributed by atoms with E-state index in [1.165, 1.54) is 34.0 Å². The number of likely N-dealkylation sites (tertiary alicyclic amines) is 1. The molecule has 0 amide bonds. The molecule has 1 fully saturated rings. The summed E-state index contributed by atoms with van der Waals surface area (Å²) in [6.45, 7) is 3.17. The second kappa shape index (κ2) is 7.90. The molecule has 0 N–H and O–H groups in total. The number of piperidine rings is 1. The average Bonchev–Trinajstić information content (AvgIpc) is 2.73. The molecule has 1 aromatic heterocycles. The smallest absolute Gasteiger partial charge is 0.0556 e. The van der Waals surface area contributed by atoms with Crippen LogP contribution in [0.25, 0.3) is 0 Å². The van der Waals surface area contributed by atoms with Gasteiger partial charge in [0, 0.05) is 46.1 Å². The third-order valence-electron chi connectivity index (χ3n) is 5.56. The maximum atomic E-state index is 4.49. The number of rotatable bonds is 3. The highest BCUT2D eigenvalue weighted by molar-refractivity contribution is 9.10. The minimum atomic E-state index is 0.530. The van der Waals surface area contributed by atoms with E-state index in [9.17, 15) is 0 Å². The molecule has 1 saturated heterocycles. The summed E-state index contributed by atoms with van der Waals surface area (Å²) in [7, 11) is 0. The van der Waals surface area contributed by atoms with Crippen molar-refractivity contribution in [1.82, 2.24) is 9.88 Å². The maximum Gasteiger partial charge on any atom is 0.0556 e. The van der Waals surface area contributed by atoms with Crippen LogP contribution in [-0.4, -0.2) is 29.0 Å². The van der Waals surface area contributed by atoms with E-state index < -0.39 is 0 Å². The van der Waals surface area contributed by atoms with Gasteiger partial charge < -0.3 is 4.90 Å². The zero-order valence-electron chi connectivity index (χ0n) is 15.6. The highest BCUT2D eigenvalue weighted by Gasteiger charge is 2.31. The summed E-state index contributed by atoms with van der Waals surface area (Å²) < 4.78 is 1.14. The standard InChI is InChI=1S/C23H22BrN3S/c24-17-8-9-21-23(15-17)28-22-7-2-1-6-20(22)27(21)19-10-13-26(14-11-19)16-18-5-3-4-12-25-18/h1-9,12,15,19H,10-11,13-14,16H2. The summed E-state index contributed by atoms with van der Waals surface area (Å²) in [5, 5.41) is 0. The van der Waals surface area contributed by atoms with Crippen LogP contribution < -0.4 is 4.90 Å². The molecule has 0 atom stereocenters. The number of halogens is 1. The van der Waals surface area contributed by atoms with Gasteiger partial charge in [0.2, 0.25) is 0 Å². The lowest BCUT2D eigenvalue weighted by Gasteiger charge is -2.42. The largest absolute Gasteiger partial charge is 0.336 e. The number of hydrogen-bond acceptors (Lipinski definition) is 4. The lowest BCUT2D eigenvalue weighted by atomic mass is 10.0. The number of benzene rings is 2. The fourth-order valence-electron chi connectivity index (χ4n) is 4.21. The van der Waals surface area contributed by atoms with Crippen molar-refractivity contribution < 1.29 is 0 Å². The Morgan fingerprint density at radius 3 is 2.54 bits per heavy atom. The number of para-hydroxylation sites is 1.